The molecule has 23 heavy (non-hydrogen) atoms. The number of rotatable bonds is 6. The Labute approximate surface area is 140 Å². The first-order valence-electron chi connectivity index (χ1n) is 8.67. The van der Waals surface area contributed by atoms with E-state index < -0.39 is 5.54 Å². The van der Waals surface area contributed by atoms with Crippen LogP contribution in [0.5, 0.6) is 0 Å². The third-order valence-corrected chi connectivity index (χ3v) is 5.45. The number of amides is 1. The molecule has 134 valence electrons. The number of ether oxygens (including phenoxy) is 2. The Hall–Kier alpha value is -0.690. The number of nitrogens with one attached hydrogen (secondary N) is 1. The molecule has 2 rings (SSSR count). The zero-order valence-electron chi connectivity index (χ0n) is 15.3. The number of carbonyl (C=O) groups is 1. The van der Waals surface area contributed by atoms with Gasteiger partial charge >= 0.3 is 0 Å². The minimum Gasteiger partial charge on any atom is -0.378 e. The first-order chi connectivity index (χ1) is 10.6. The van der Waals surface area contributed by atoms with Crippen molar-refractivity contribution < 1.29 is 14.3 Å². The van der Waals surface area contributed by atoms with Crippen LogP contribution in [0, 0.1) is 5.41 Å². The van der Waals surface area contributed by atoms with Gasteiger partial charge in [-0.3, -0.25) is 9.69 Å². The topological polar surface area (TPSA) is 76.8 Å². The first-order valence-corrected chi connectivity index (χ1v) is 8.67. The molecule has 0 aromatic rings. The number of carbonyl (C=O) groups excluding carboxylic acids is 1. The van der Waals surface area contributed by atoms with Gasteiger partial charge in [0.05, 0.1) is 18.3 Å². The lowest BCUT2D eigenvalue weighted by molar-refractivity contribution is -0.170. The van der Waals surface area contributed by atoms with Crippen LogP contribution in [0.2, 0.25) is 0 Å². The quantitative estimate of drug-likeness (QED) is 0.753. The summed E-state index contributed by atoms with van der Waals surface area (Å²) in [6.45, 7) is 14.8. The van der Waals surface area contributed by atoms with Crippen molar-refractivity contribution in [1.82, 2.24) is 10.2 Å². The molecule has 1 amide bonds. The number of hydrogen-bond acceptors (Lipinski definition) is 5. The molecule has 2 atom stereocenters. The summed E-state index contributed by atoms with van der Waals surface area (Å²) in [6.07, 6.45) is 0.646. The molecule has 0 radical (unpaired) electrons. The zero-order chi connectivity index (χ0) is 17.3. The van der Waals surface area contributed by atoms with Gasteiger partial charge < -0.3 is 20.5 Å². The first kappa shape index (κ1) is 18.6. The Morgan fingerprint density at radius 2 is 2.09 bits per heavy atom. The van der Waals surface area contributed by atoms with E-state index in [4.69, 9.17) is 15.2 Å². The summed E-state index contributed by atoms with van der Waals surface area (Å²) in [5.74, 6) is -0.0639. The highest BCUT2D eigenvalue weighted by molar-refractivity contribution is 5.88. The normalized spacial score (nSPS) is 33.0. The molecule has 2 unspecified atom stereocenters. The average molecular weight is 327 g/mol. The van der Waals surface area contributed by atoms with Crippen LogP contribution in [-0.2, 0) is 14.3 Å². The SMILES string of the molecule is CCOC1CC(N)(C(=O)NCCN2CCOC(C)(C)C2)C1(C)C. The Morgan fingerprint density at radius 1 is 1.39 bits per heavy atom. The molecule has 0 aromatic carbocycles. The number of morpholine rings is 1. The van der Waals surface area contributed by atoms with Gasteiger partial charge in [-0.05, 0) is 20.8 Å². The van der Waals surface area contributed by atoms with E-state index >= 15 is 0 Å². The second-order valence-electron chi connectivity index (χ2n) is 7.98. The van der Waals surface area contributed by atoms with Gasteiger partial charge in [0.1, 0.15) is 5.54 Å². The fraction of sp³-hybridized carbons (Fsp3) is 0.941. The van der Waals surface area contributed by atoms with Gasteiger partial charge in [0.25, 0.3) is 0 Å². The van der Waals surface area contributed by atoms with E-state index in [9.17, 15) is 4.79 Å². The van der Waals surface area contributed by atoms with Crippen molar-refractivity contribution >= 4 is 5.91 Å². The van der Waals surface area contributed by atoms with Crippen molar-refractivity contribution in [2.75, 3.05) is 39.4 Å². The number of nitrogens with two attached hydrogens (primary N) is 1. The van der Waals surface area contributed by atoms with Crippen molar-refractivity contribution in [3.8, 4) is 0 Å². The standard InChI is InChI=1S/C17H33N3O3/c1-6-22-13-11-17(18,16(13,4)5)14(21)19-7-8-20-9-10-23-15(2,3)12-20/h13H,6-12,18H2,1-5H3,(H,19,21). The van der Waals surface area contributed by atoms with Crippen LogP contribution in [0.3, 0.4) is 0 Å². The highest BCUT2D eigenvalue weighted by Crippen LogP contribution is 2.49. The van der Waals surface area contributed by atoms with Crippen LogP contribution < -0.4 is 11.1 Å². The predicted octanol–water partition coefficient (Wildman–Crippen LogP) is 0.746. The summed E-state index contributed by atoms with van der Waals surface area (Å²) in [7, 11) is 0. The summed E-state index contributed by atoms with van der Waals surface area (Å²) in [6, 6.07) is 0. The Kier molecular flexibility index (Phi) is 5.41. The molecule has 1 aliphatic carbocycles. The second-order valence-corrected chi connectivity index (χ2v) is 7.98. The van der Waals surface area contributed by atoms with Crippen LogP contribution in [0.25, 0.3) is 0 Å². The molecule has 2 fully saturated rings. The zero-order valence-corrected chi connectivity index (χ0v) is 15.3. The molecule has 0 bridgehead atoms. The van der Waals surface area contributed by atoms with E-state index in [1.807, 2.05) is 20.8 Å². The summed E-state index contributed by atoms with van der Waals surface area (Å²) < 4.78 is 11.4. The molecular weight excluding hydrogens is 294 g/mol. The minimum absolute atomic E-state index is 0.0586. The van der Waals surface area contributed by atoms with E-state index in [0.717, 1.165) is 26.2 Å². The van der Waals surface area contributed by atoms with Gasteiger partial charge in [-0.2, -0.15) is 0 Å². The average Bonchev–Trinajstić information content (AvgIpc) is 2.45. The van der Waals surface area contributed by atoms with E-state index in [2.05, 4.69) is 24.1 Å². The van der Waals surface area contributed by atoms with Crippen LogP contribution in [0.1, 0.15) is 41.0 Å². The molecule has 2 aliphatic rings. The van der Waals surface area contributed by atoms with Crippen LogP contribution in [0.4, 0.5) is 0 Å². The summed E-state index contributed by atoms with van der Waals surface area (Å²) in [5, 5.41) is 3.02. The maximum absolute atomic E-state index is 12.5. The van der Waals surface area contributed by atoms with Gasteiger partial charge in [-0.25, -0.2) is 0 Å². The number of nitrogens with zero attached hydrogens (tertiary/aromatic N) is 1. The minimum atomic E-state index is -0.836. The van der Waals surface area contributed by atoms with E-state index in [0.29, 0.717) is 19.6 Å². The van der Waals surface area contributed by atoms with Crippen LogP contribution >= 0.6 is 0 Å². The molecular formula is C17H33N3O3. The molecule has 1 saturated heterocycles. The lowest BCUT2D eigenvalue weighted by Crippen LogP contribution is -2.76. The molecule has 6 heteroatoms. The van der Waals surface area contributed by atoms with Crippen LogP contribution in [-0.4, -0.2) is 67.4 Å². The fourth-order valence-electron chi connectivity index (χ4n) is 3.61. The lowest BCUT2D eigenvalue weighted by atomic mass is 9.54. The predicted molar refractivity (Wildman–Crippen MR) is 90.2 cm³/mol. The summed E-state index contributed by atoms with van der Waals surface area (Å²) >= 11 is 0. The van der Waals surface area contributed by atoms with Crippen molar-refractivity contribution in [2.45, 2.75) is 58.3 Å². The molecule has 0 aromatic heterocycles. The van der Waals surface area contributed by atoms with Crippen LogP contribution in [0.15, 0.2) is 0 Å². The van der Waals surface area contributed by atoms with Gasteiger partial charge in [0.15, 0.2) is 0 Å². The number of hydrogen-bond donors (Lipinski definition) is 2. The maximum atomic E-state index is 12.5. The van der Waals surface area contributed by atoms with Crippen molar-refractivity contribution in [3.63, 3.8) is 0 Å². The maximum Gasteiger partial charge on any atom is 0.240 e. The van der Waals surface area contributed by atoms with Crippen molar-refractivity contribution in [1.29, 1.82) is 0 Å². The summed E-state index contributed by atoms with van der Waals surface area (Å²) in [4.78, 5) is 14.9. The van der Waals surface area contributed by atoms with Gasteiger partial charge in [-0.15, -0.1) is 0 Å². The third kappa shape index (κ3) is 3.71. The smallest absolute Gasteiger partial charge is 0.240 e. The van der Waals surface area contributed by atoms with E-state index in [-0.39, 0.29) is 23.0 Å². The largest absolute Gasteiger partial charge is 0.378 e. The lowest BCUT2D eigenvalue weighted by Gasteiger charge is -2.57. The molecule has 1 aliphatic heterocycles. The monoisotopic (exact) mass is 327 g/mol. The molecule has 3 N–H and O–H groups in total. The van der Waals surface area contributed by atoms with Gasteiger partial charge in [0, 0.05) is 44.6 Å². The molecule has 1 saturated carbocycles. The van der Waals surface area contributed by atoms with Crippen molar-refractivity contribution in [3.05, 3.63) is 0 Å². The highest BCUT2D eigenvalue weighted by Gasteiger charge is 2.62. The van der Waals surface area contributed by atoms with Gasteiger partial charge in [-0.1, -0.05) is 13.8 Å². The fourth-order valence-corrected chi connectivity index (χ4v) is 3.61. The van der Waals surface area contributed by atoms with E-state index in [1.54, 1.807) is 0 Å². The van der Waals surface area contributed by atoms with Gasteiger partial charge in [0.2, 0.25) is 5.91 Å². The Balaban J connectivity index is 1.79. The van der Waals surface area contributed by atoms with E-state index in [1.165, 1.54) is 0 Å². The molecule has 0 spiro atoms. The Morgan fingerprint density at radius 3 is 2.65 bits per heavy atom. The third-order valence-electron chi connectivity index (χ3n) is 5.45. The molecule has 6 nitrogen and oxygen atoms in total. The second kappa shape index (κ2) is 6.67. The highest BCUT2D eigenvalue weighted by atomic mass is 16.5. The summed E-state index contributed by atoms with van der Waals surface area (Å²) in [5.41, 5.74) is 5.09. The molecule has 1 heterocycles. The van der Waals surface area contributed by atoms with Crippen molar-refractivity contribution in [2.24, 2.45) is 11.1 Å². The Bertz CT molecular complexity index is 439.